The van der Waals surface area contributed by atoms with Crippen LogP contribution in [0.3, 0.4) is 0 Å². The van der Waals surface area contributed by atoms with Crippen molar-refractivity contribution in [1.82, 2.24) is 0 Å². The summed E-state index contributed by atoms with van der Waals surface area (Å²) in [4.78, 5) is 79.0. The molecule has 1 aromatic rings. The van der Waals surface area contributed by atoms with Crippen molar-refractivity contribution in [2.75, 3.05) is 26.4 Å². The predicted octanol–water partition coefficient (Wildman–Crippen LogP) is 5.89. The molecular weight excluding hydrogens is 953 g/mol. The van der Waals surface area contributed by atoms with Gasteiger partial charge >= 0.3 is 30.2 Å². The lowest BCUT2D eigenvalue weighted by Crippen LogP contribution is -2.82. The third kappa shape index (κ3) is 11.1. The van der Waals surface area contributed by atoms with Crippen LogP contribution in [0.25, 0.3) is 0 Å². The number of fused-ring (bicyclic) bond motifs is 5. The van der Waals surface area contributed by atoms with Crippen molar-refractivity contribution < 1.29 is 82.4 Å². The summed E-state index contributed by atoms with van der Waals surface area (Å²) in [5.74, 6) is -4.69. The molecule has 1 aliphatic heterocycles. The Morgan fingerprint density at radius 1 is 0.855 bits per heavy atom. The molecule has 2 bridgehead atoms. The highest BCUT2D eigenvalue weighted by Gasteiger charge is 2.79. The van der Waals surface area contributed by atoms with Gasteiger partial charge in [-0.3, -0.25) is 14.4 Å². The first-order valence-corrected chi connectivity index (χ1v) is 21.0. The van der Waals surface area contributed by atoms with Gasteiger partial charge in [0.15, 0.2) is 17.5 Å². The molecule has 62 heavy (non-hydrogen) atoms. The van der Waals surface area contributed by atoms with E-state index in [0.29, 0.717) is 6.61 Å². The number of rotatable bonds is 8. The SMILES string of the molecule is CC(=O)O[C@@]12CO[C@@H]1C[C@H](OC(=O)OCC(Cl)(Cl)Cl)[C@@]1(C)C(=O)[C@H](OC(=O)OCC(Cl)(Cl)Cl)C3=C(C)[C@@H](O)C[C@@](O)([C@@H](OC(=O)c4ccccc4)[C@H]21)C3(C)C.CCOC(C)=O.O. The normalized spacial score (nSPS) is 30.9. The van der Waals surface area contributed by atoms with E-state index in [0.717, 1.165) is 6.92 Å². The van der Waals surface area contributed by atoms with E-state index < -0.39 is 116 Å². The second-order valence-corrected chi connectivity index (χ2v) is 20.6. The van der Waals surface area contributed by atoms with Crippen molar-refractivity contribution in [3.8, 4) is 0 Å². The van der Waals surface area contributed by atoms with Gasteiger partial charge in [0.05, 0.1) is 36.2 Å². The van der Waals surface area contributed by atoms with E-state index in [2.05, 4.69) is 4.74 Å². The van der Waals surface area contributed by atoms with E-state index in [-0.39, 0.29) is 41.2 Å². The standard InChI is InChI=1S/C35H38Cl6O14.C4H8O2.H2O/c1-16-19(43)12-33(48)26(54-27(45)18-9-7-6-8-10-18)24-31(5,25(44)23(22(16)30(33,3)4)53-29(47)51-15-35(39,40)41)20(52-28(46)50-14-34(36,37)38)11-21-32(24,13-49-21)55-17(2)42;1-3-6-4(2)5;/h6-10,19-21,23-24,26,43,48H,11-15H2,1-5H3;3H2,1-2H3;1H2/t19-,20-,21+,23+,24-,26-,31+,32-,33+;;/m0../s1. The fourth-order valence-corrected chi connectivity index (χ4v) is 8.98. The topological polar surface area (TPSA) is 248 Å². The average Bonchev–Trinajstić information content (AvgIpc) is 3.14. The van der Waals surface area contributed by atoms with Gasteiger partial charge in [-0.15, -0.1) is 0 Å². The monoisotopic (exact) mass is 998 g/mol. The second-order valence-electron chi connectivity index (χ2n) is 15.6. The van der Waals surface area contributed by atoms with E-state index in [1.807, 2.05) is 0 Å². The molecule has 0 amide bonds. The molecule has 4 N–H and O–H groups in total. The number of hydrogen-bond donors (Lipinski definition) is 2. The van der Waals surface area contributed by atoms with Crippen LogP contribution < -0.4 is 0 Å². The molecule has 23 heteroatoms. The highest BCUT2D eigenvalue weighted by Crippen LogP contribution is 2.64. The zero-order valence-electron chi connectivity index (χ0n) is 34.5. The number of aliphatic hydroxyl groups excluding tert-OH is 1. The summed E-state index contributed by atoms with van der Waals surface area (Å²) in [6.45, 7) is 8.56. The minimum atomic E-state index is -2.37. The van der Waals surface area contributed by atoms with Crippen molar-refractivity contribution in [3.05, 3.63) is 47.0 Å². The summed E-state index contributed by atoms with van der Waals surface area (Å²) in [6, 6.07) is 7.71. The molecule has 2 saturated carbocycles. The fourth-order valence-electron chi connectivity index (χ4n) is 8.65. The van der Waals surface area contributed by atoms with Crippen molar-refractivity contribution in [2.45, 2.75) is 111 Å². The van der Waals surface area contributed by atoms with Gasteiger partial charge in [0, 0.05) is 32.1 Å². The minimum Gasteiger partial charge on any atom is -0.466 e. The molecule has 9 atom stereocenters. The Kier molecular flexibility index (Phi) is 17.4. The second kappa shape index (κ2) is 20.1. The molecule has 0 unspecified atom stereocenters. The number of carbonyl (C=O) groups is 6. The number of halogens is 6. The lowest BCUT2D eigenvalue weighted by atomic mass is 9.44. The molecule has 0 radical (unpaired) electrons. The summed E-state index contributed by atoms with van der Waals surface area (Å²) in [5, 5.41) is 24.8. The molecule has 0 aromatic heterocycles. The Morgan fingerprint density at radius 2 is 1.40 bits per heavy atom. The predicted molar refractivity (Wildman–Crippen MR) is 222 cm³/mol. The molecule has 3 aliphatic carbocycles. The fraction of sp³-hybridized carbons (Fsp3) is 0.641. The summed E-state index contributed by atoms with van der Waals surface area (Å²) >= 11 is 34.7. The first-order valence-electron chi connectivity index (χ1n) is 18.7. The first-order chi connectivity index (χ1) is 28.1. The molecular formula is C39H48Cl6O17. The number of ketones is 1. The largest absolute Gasteiger partial charge is 0.509 e. The maximum Gasteiger partial charge on any atom is 0.509 e. The van der Waals surface area contributed by atoms with Crippen LogP contribution in [0.15, 0.2) is 41.5 Å². The molecule has 17 nitrogen and oxygen atoms in total. The summed E-state index contributed by atoms with van der Waals surface area (Å²) < 4.78 is 40.0. The van der Waals surface area contributed by atoms with Crippen LogP contribution in [0, 0.1) is 16.7 Å². The summed E-state index contributed by atoms with van der Waals surface area (Å²) in [5.41, 5.74) is -8.11. The molecule has 1 saturated heterocycles. The number of hydrogen-bond acceptors (Lipinski definition) is 16. The van der Waals surface area contributed by atoms with E-state index in [4.69, 9.17) is 103 Å². The van der Waals surface area contributed by atoms with E-state index in [9.17, 15) is 34.2 Å². The van der Waals surface area contributed by atoms with Gasteiger partial charge in [0.1, 0.15) is 37.1 Å². The lowest BCUT2D eigenvalue weighted by molar-refractivity contribution is -0.346. The summed E-state index contributed by atoms with van der Waals surface area (Å²) in [7, 11) is 0. The molecule has 0 spiro atoms. The molecule has 5 rings (SSSR count). The van der Waals surface area contributed by atoms with Crippen LogP contribution in [0.4, 0.5) is 9.59 Å². The Balaban J connectivity index is 0.00000136. The van der Waals surface area contributed by atoms with Crippen LogP contribution in [-0.2, 0) is 52.3 Å². The van der Waals surface area contributed by atoms with Gasteiger partial charge in [-0.25, -0.2) is 14.4 Å². The van der Waals surface area contributed by atoms with E-state index >= 15 is 4.79 Å². The number of ether oxygens (including phenoxy) is 8. The van der Waals surface area contributed by atoms with E-state index in [1.165, 1.54) is 46.8 Å². The third-order valence-corrected chi connectivity index (χ3v) is 12.1. The third-order valence-electron chi connectivity index (χ3n) is 11.4. The van der Waals surface area contributed by atoms with Gasteiger partial charge in [0.2, 0.25) is 7.59 Å². The minimum absolute atomic E-state index is 0. The molecule has 4 aliphatic rings. The first kappa shape index (κ1) is 53.5. The van der Waals surface area contributed by atoms with Gasteiger partial charge in [-0.05, 0) is 44.1 Å². The number of esters is 3. The van der Waals surface area contributed by atoms with Gasteiger partial charge in [-0.1, -0.05) is 102 Å². The van der Waals surface area contributed by atoms with Crippen LogP contribution in [0.1, 0.15) is 71.7 Å². The molecule has 3 fully saturated rings. The Labute approximate surface area is 387 Å². The van der Waals surface area contributed by atoms with Crippen LogP contribution in [0.2, 0.25) is 0 Å². The zero-order valence-corrected chi connectivity index (χ0v) is 39.0. The van der Waals surface area contributed by atoms with Crippen LogP contribution >= 0.6 is 69.6 Å². The Hall–Kier alpha value is -2.84. The Bertz CT molecular complexity index is 1880. The number of alkyl halides is 6. The van der Waals surface area contributed by atoms with Crippen molar-refractivity contribution in [2.24, 2.45) is 16.7 Å². The highest BCUT2D eigenvalue weighted by molar-refractivity contribution is 6.68. The quantitative estimate of drug-likeness (QED) is 0.133. The zero-order chi connectivity index (χ0) is 46.1. The molecule has 1 heterocycles. The highest BCUT2D eigenvalue weighted by atomic mass is 35.6. The van der Waals surface area contributed by atoms with E-state index in [1.54, 1.807) is 25.1 Å². The smallest absolute Gasteiger partial charge is 0.466 e. The maximum atomic E-state index is 15.6. The van der Waals surface area contributed by atoms with Crippen LogP contribution in [-0.4, -0.2) is 127 Å². The van der Waals surface area contributed by atoms with Gasteiger partial charge in [-0.2, -0.15) is 0 Å². The lowest BCUT2D eigenvalue weighted by Gasteiger charge is -2.67. The number of carbonyl (C=O) groups excluding carboxylic acids is 6. The van der Waals surface area contributed by atoms with Gasteiger partial charge < -0.3 is 53.6 Å². The number of benzene rings is 1. The number of aliphatic hydroxyl groups is 2. The van der Waals surface area contributed by atoms with Crippen molar-refractivity contribution in [1.29, 1.82) is 0 Å². The molecule has 1 aromatic carbocycles. The molecule has 348 valence electrons. The van der Waals surface area contributed by atoms with Gasteiger partial charge in [0.25, 0.3) is 0 Å². The van der Waals surface area contributed by atoms with Crippen LogP contribution in [0.5, 0.6) is 0 Å². The van der Waals surface area contributed by atoms with Crippen molar-refractivity contribution >= 4 is 106 Å². The van der Waals surface area contributed by atoms with Crippen molar-refractivity contribution in [3.63, 3.8) is 0 Å². The maximum absolute atomic E-state index is 15.6. The summed E-state index contributed by atoms with van der Waals surface area (Å²) in [6.07, 6.45) is -11.9. The average molecular weight is 1000 g/mol. The number of Topliss-reactive ketones (excluding diaryl/α,β-unsaturated/α-hetero) is 1. The Morgan fingerprint density at radius 3 is 1.85 bits per heavy atom.